The molecule has 0 aromatic heterocycles. The Morgan fingerprint density at radius 2 is 2.00 bits per heavy atom. The lowest BCUT2D eigenvalue weighted by Crippen LogP contribution is -2.06. The third-order valence-electron chi connectivity index (χ3n) is 2.11. The molecule has 1 aromatic rings. The van der Waals surface area contributed by atoms with E-state index < -0.39 is 11.6 Å². The van der Waals surface area contributed by atoms with Crippen LogP contribution in [-0.2, 0) is 0 Å². The first-order valence-corrected chi connectivity index (χ1v) is 4.89. The van der Waals surface area contributed by atoms with Crippen LogP contribution in [0.25, 0.3) is 5.70 Å². The van der Waals surface area contributed by atoms with E-state index in [4.69, 9.17) is 17.3 Å². The monoisotopic (exact) mass is 244 g/mol. The topological polar surface area (TPSA) is 38.4 Å². The molecule has 0 saturated heterocycles. The molecular formula is C11H11ClF2N2. The van der Waals surface area contributed by atoms with Crippen LogP contribution in [0.2, 0.25) is 0 Å². The molecule has 0 saturated carbocycles. The van der Waals surface area contributed by atoms with Crippen molar-refractivity contribution in [1.82, 2.24) is 0 Å². The summed E-state index contributed by atoms with van der Waals surface area (Å²) in [6.45, 7) is 1.65. The van der Waals surface area contributed by atoms with Crippen LogP contribution in [0.5, 0.6) is 0 Å². The molecule has 0 fully saturated rings. The number of rotatable bonds is 2. The van der Waals surface area contributed by atoms with Crippen molar-refractivity contribution in [3.8, 4) is 0 Å². The van der Waals surface area contributed by atoms with Crippen molar-refractivity contribution < 1.29 is 8.78 Å². The molecular weight excluding hydrogens is 234 g/mol. The third-order valence-corrected chi connectivity index (χ3v) is 2.59. The van der Waals surface area contributed by atoms with Crippen LogP contribution < -0.4 is 5.73 Å². The van der Waals surface area contributed by atoms with Crippen LogP contribution in [0.15, 0.2) is 28.2 Å². The van der Waals surface area contributed by atoms with Gasteiger partial charge >= 0.3 is 0 Å². The summed E-state index contributed by atoms with van der Waals surface area (Å²) in [5, 5.41) is 0.160. The molecule has 1 rings (SSSR count). The molecule has 0 radical (unpaired) electrons. The van der Waals surface area contributed by atoms with Gasteiger partial charge in [0, 0.05) is 18.7 Å². The first-order valence-electron chi connectivity index (χ1n) is 4.51. The molecule has 0 aliphatic heterocycles. The first-order chi connectivity index (χ1) is 7.47. The van der Waals surface area contributed by atoms with Gasteiger partial charge in [-0.1, -0.05) is 11.6 Å². The smallest absolute Gasteiger partial charge is 0.135 e. The summed E-state index contributed by atoms with van der Waals surface area (Å²) >= 11 is 5.89. The van der Waals surface area contributed by atoms with Crippen LogP contribution in [0.3, 0.4) is 0 Å². The second-order valence-corrected chi connectivity index (χ2v) is 3.54. The summed E-state index contributed by atoms with van der Waals surface area (Å²) < 4.78 is 26.1. The molecule has 0 atom stereocenters. The van der Waals surface area contributed by atoms with Crippen molar-refractivity contribution in [2.45, 2.75) is 6.92 Å². The zero-order valence-corrected chi connectivity index (χ0v) is 9.65. The molecule has 0 spiro atoms. The molecule has 2 nitrogen and oxygen atoms in total. The van der Waals surface area contributed by atoms with Crippen LogP contribution in [0, 0.1) is 11.6 Å². The molecule has 0 aliphatic rings. The Morgan fingerprint density at radius 3 is 2.50 bits per heavy atom. The van der Waals surface area contributed by atoms with Gasteiger partial charge in [-0.3, -0.25) is 4.99 Å². The zero-order valence-electron chi connectivity index (χ0n) is 8.89. The molecule has 1 aromatic carbocycles. The summed E-state index contributed by atoms with van der Waals surface area (Å²) in [7, 11) is 1.55. The highest BCUT2D eigenvalue weighted by atomic mass is 35.5. The van der Waals surface area contributed by atoms with E-state index in [9.17, 15) is 8.78 Å². The maximum Gasteiger partial charge on any atom is 0.135 e. The second kappa shape index (κ2) is 5.07. The van der Waals surface area contributed by atoms with Crippen molar-refractivity contribution in [3.05, 3.63) is 40.4 Å². The summed E-state index contributed by atoms with van der Waals surface area (Å²) in [6, 6.07) is 3.12. The predicted molar refractivity (Wildman–Crippen MR) is 62.4 cm³/mol. The van der Waals surface area contributed by atoms with Gasteiger partial charge in [-0.25, -0.2) is 8.78 Å². The van der Waals surface area contributed by atoms with Gasteiger partial charge in [0.25, 0.3) is 0 Å². The van der Waals surface area contributed by atoms with E-state index >= 15 is 0 Å². The number of aliphatic imine (C=N–C) groups is 1. The summed E-state index contributed by atoms with van der Waals surface area (Å²) in [6.07, 6.45) is 0. The molecule has 86 valence electrons. The van der Waals surface area contributed by atoms with Gasteiger partial charge in [-0.2, -0.15) is 0 Å². The van der Waals surface area contributed by atoms with Gasteiger partial charge < -0.3 is 5.73 Å². The van der Waals surface area contributed by atoms with Gasteiger partial charge in [0.05, 0.1) is 16.4 Å². The minimum atomic E-state index is -0.750. The number of hydrogen-bond donors (Lipinski definition) is 1. The molecule has 5 heteroatoms. The highest BCUT2D eigenvalue weighted by molar-refractivity contribution is 6.46. The van der Waals surface area contributed by atoms with Gasteiger partial charge in [-0.15, -0.1) is 0 Å². The fourth-order valence-electron chi connectivity index (χ4n) is 1.12. The standard InChI is InChI=1S/C11H11ClF2N2/c1-6(16-2)10(12)11(15)8-4-3-7(13)5-9(8)14/h3-5H,15H2,1-2H3. The van der Waals surface area contributed by atoms with Crippen molar-refractivity contribution in [1.29, 1.82) is 0 Å². The quantitative estimate of drug-likeness (QED) is 0.798. The number of nitrogens with zero attached hydrogens (tertiary/aromatic N) is 1. The maximum atomic E-state index is 13.4. The minimum absolute atomic E-state index is 0.0438. The van der Waals surface area contributed by atoms with Gasteiger partial charge in [0.1, 0.15) is 11.6 Å². The Hall–Kier alpha value is -1.42. The number of halogens is 3. The van der Waals surface area contributed by atoms with Crippen molar-refractivity contribution in [3.63, 3.8) is 0 Å². The highest BCUT2D eigenvalue weighted by Crippen LogP contribution is 2.21. The maximum absolute atomic E-state index is 13.4. The van der Waals surface area contributed by atoms with Crippen molar-refractivity contribution in [2.24, 2.45) is 10.7 Å². The van der Waals surface area contributed by atoms with Crippen LogP contribution >= 0.6 is 11.6 Å². The Labute approximate surface area is 97.4 Å². The average molecular weight is 245 g/mol. The van der Waals surface area contributed by atoms with Crippen LogP contribution in [0.1, 0.15) is 12.5 Å². The Morgan fingerprint density at radius 1 is 1.38 bits per heavy atom. The van der Waals surface area contributed by atoms with Gasteiger partial charge in [-0.05, 0) is 19.1 Å². The number of nitrogens with two attached hydrogens (primary N) is 1. The third kappa shape index (κ3) is 2.58. The average Bonchev–Trinajstić information content (AvgIpc) is 2.26. The van der Waals surface area contributed by atoms with Crippen molar-refractivity contribution in [2.75, 3.05) is 7.05 Å². The predicted octanol–water partition coefficient (Wildman–Crippen LogP) is 2.92. The van der Waals surface area contributed by atoms with E-state index in [-0.39, 0.29) is 16.3 Å². The minimum Gasteiger partial charge on any atom is -0.397 e. The van der Waals surface area contributed by atoms with Gasteiger partial charge in [0.2, 0.25) is 0 Å². The van der Waals surface area contributed by atoms with Gasteiger partial charge in [0.15, 0.2) is 0 Å². The molecule has 0 aliphatic carbocycles. The fourth-order valence-corrected chi connectivity index (χ4v) is 1.31. The van der Waals surface area contributed by atoms with E-state index in [0.29, 0.717) is 5.71 Å². The highest BCUT2D eigenvalue weighted by Gasteiger charge is 2.11. The van der Waals surface area contributed by atoms with E-state index in [0.717, 1.165) is 12.1 Å². The molecule has 0 bridgehead atoms. The van der Waals surface area contributed by atoms with Crippen LogP contribution in [0.4, 0.5) is 8.78 Å². The van der Waals surface area contributed by atoms with Crippen LogP contribution in [-0.4, -0.2) is 12.8 Å². The lowest BCUT2D eigenvalue weighted by atomic mass is 10.1. The Kier molecular flexibility index (Phi) is 4.01. The SMILES string of the molecule is CN=C(C)C(Cl)=C(N)c1ccc(F)cc1F. The molecule has 16 heavy (non-hydrogen) atoms. The summed E-state index contributed by atoms with van der Waals surface area (Å²) in [5.41, 5.74) is 6.27. The lowest BCUT2D eigenvalue weighted by Gasteiger charge is -2.06. The Bertz CT molecular complexity index is 467. The summed E-state index contributed by atoms with van der Waals surface area (Å²) in [4.78, 5) is 3.83. The van der Waals surface area contributed by atoms with E-state index in [2.05, 4.69) is 4.99 Å². The van der Waals surface area contributed by atoms with E-state index in [1.54, 1.807) is 14.0 Å². The first kappa shape index (κ1) is 12.6. The molecule has 0 unspecified atom stereocenters. The second-order valence-electron chi connectivity index (χ2n) is 3.16. The Balaban J connectivity index is 3.29. The molecule has 0 heterocycles. The largest absolute Gasteiger partial charge is 0.397 e. The van der Waals surface area contributed by atoms with E-state index in [1.807, 2.05) is 0 Å². The number of benzene rings is 1. The van der Waals surface area contributed by atoms with E-state index in [1.165, 1.54) is 6.07 Å². The normalized spacial score (nSPS) is 13.7. The molecule has 2 N–H and O–H groups in total. The number of allylic oxidation sites excluding steroid dienone is 1. The molecule has 0 amide bonds. The summed E-state index contributed by atoms with van der Waals surface area (Å²) in [5.74, 6) is -1.41. The fraction of sp³-hybridized carbons (Fsp3) is 0.182. The zero-order chi connectivity index (χ0) is 12.3. The number of hydrogen-bond acceptors (Lipinski definition) is 2. The van der Waals surface area contributed by atoms with Crippen molar-refractivity contribution >= 4 is 23.0 Å². The lowest BCUT2D eigenvalue weighted by molar-refractivity contribution is 0.581.